The summed E-state index contributed by atoms with van der Waals surface area (Å²) in [4.78, 5) is 10.6. The summed E-state index contributed by atoms with van der Waals surface area (Å²) < 4.78 is 11.0. The number of ether oxygens (including phenoxy) is 2. The number of carboxylic acid groups (broad SMARTS) is 1. The van der Waals surface area contributed by atoms with Gasteiger partial charge >= 0.3 is 5.97 Å². The van der Waals surface area contributed by atoms with Crippen LogP contribution in [0, 0.1) is 0 Å². The Kier molecular flexibility index (Phi) is 5.44. The van der Waals surface area contributed by atoms with Crippen LogP contribution in [0.25, 0.3) is 6.08 Å². The maximum atomic E-state index is 10.6. The molecule has 0 aliphatic rings. The first-order valence-electron chi connectivity index (χ1n) is 6.55. The molecule has 0 spiro atoms. The first-order chi connectivity index (χ1) is 10.6. The first-order valence-corrected chi connectivity index (χ1v) is 6.92. The van der Waals surface area contributed by atoms with Crippen molar-refractivity contribution in [2.75, 3.05) is 7.11 Å². The minimum Gasteiger partial charge on any atom is -0.493 e. The summed E-state index contributed by atoms with van der Waals surface area (Å²) >= 11 is 5.94. The molecule has 0 radical (unpaired) electrons. The third-order valence-electron chi connectivity index (χ3n) is 2.89. The lowest BCUT2D eigenvalue weighted by Gasteiger charge is -2.11. The number of methoxy groups -OCH3 is 1. The Morgan fingerprint density at radius 1 is 1.23 bits per heavy atom. The molecule has 2 aromatic carbocycles. The van der Waals surface area contributed by atoms with Gasteiger partial charge in [-0.2, -0.15) is 0 Å². The van der Waals surface area contributed by atoms with Gasteiger partial charge in [-0.3, -0.25) is 0 Å². The normalized spacial score (nSPS) is 10.6. The highest BCUT2D eigenvalue weighted by molar-refractivity contribution is 6.30. The Bertz CT molecular complexity index is 695. The van der Waals surface area contributed by atoms with Gasteiger partial charge in [-0.15, -0.1) is 0 Å². The number of hydrogen-bond donors (Lipinski definition) is 1. The molecule has 0 unspecified atom stereocenters. The molecule has 1 N–H and O–H groups in total. The molecule has 0 amide bonds. The van der Waals surface area contributed by atoms with Crippen molar-refractivity contribution >= 4 is 23.6 Å². The molecule has 0 atom stereocenters. The van der Waals surface area contributed by atoms with Crippen LogP contribution in [0.2, 0.25) is 5.02 Å². The van der Waals surface area contributed by atoms with E-state index in [0.717, 1.165) is 11.6 Å². The second kappa shape index (κ2) is 7.52. The fourth-order valence-electron chi connectivity index (χ4n) is 1.87. The molecule has 22 heavy (non-hydrogen) atoms. The fraction of sp³-hybridized carbons (Fsp3) is 0.118. The van der Waals surface area contributed by atoms with Crippen LogP contribution in [-0.4, -0.2) is 18.2 Å². The van der Waals surface area contributed by atoms with E-state index in [9.17, 15) is 4.79 Å². The first kappa shape index (κ1) is 15.9. The van der Waals surface area contributed by atoms with E-state index in [2.05, 4.69) is 0 Å². The van der Waals surface area contributed by atoms with E-state index in [1.165, 1.54) is 6.08 Å². The highest BCUT2D eigenvalue weighted by Crippen LogP contribution is 2.29. The molecule has 2 aromatic rings. The van der Waals surface area contributed by atoms with Crippen molar-refractivity contribution in [3.63, 3.8) is 0 Å². The maximum absolute atomic E-state index is 10.6. The molecule has 0 aliphatic heterocycles. The lowest BCUT2D eigenvalue weighted by atomic mass is 10.2. The largest absolute Gasteiger partial charge is 0.493 e. The van der Waals surface area contributed by atoms with Gasteiger partial charge in [0.15, 0.2) is 11.5 Å². The number of benzene rings is 2. The lowest BCUT2D eigenvalue weighted by molar-refractivity contribution is -0.131. The molecule has 114 valence electrons. The number of rotatable bonds is 6. The van der Waals surface area contributed by atoms with Crippen molar-refractivity contribution in [1.82, 2.24) is 0 Å². The summed E-state index contributed by atoms with van der Waals surface area (Å²) in [6.45, 7) is 0.336. The topological polar surface area (TPSA) is 55.8 Å². The third kappa shape index (κ3) is 4.53. The molecular weight excluding hydrogens is 304 g/mol. The molecule has 0 saturated carbocycles. The predicted octanol–water partition coefficient (Wildman–Crippen LogP) is 4.03. The van der Waals surface area contributed by atoms with Crippen molar-refractivity contribution < 1.29 is 19.4 Å². The van der Waals surface area contributed by atoms with Gasteiger partial charge < -0.3 is 14.6 Å². The van der Waals surface area contributed by atoms with E-state index in [4.69, 9.17) is 26.2 Å². The maximum Gasteiger partial charge on any atom is 0.328 e. The molecule has 0 bridgehead atoms. The van der Waals surface area contributed by atoms with Crippen LogP contribution in [0.3, 0.4) is 0 Å². The van der Waals surface area contributed by atoms with E-state index in [1.807, 2.05) is 18.2 Å². The fourth-order valence-corrected chi connectivity index (χ4v) is 2.08. The Balaban J connectivity index is 2.17. The van der Waals surface area contributed by atoms with E-state index >= 15 is 0 Å². The van der Waals surface area contributed by atoms with Crippen LogP contribution in [-0.2, 0) is 11.4 Å². The van der Waals surface area contributed by atoms with Gasteiger partial charge in [-0.25, -0.2) is 4.79 Å². The minimum absolute atomic E-state index is 0.336. The Hall–Kier alpha value is -2.46. The van der Waals surface area contributed by atoms with Gasteiger partial charge in [0, 0.05) is 11.1 Å². The van der Waals surface area contributed by atoms with E-state index in [-0.39, 0.29) is 0 Å². The molecule has 2 rings (SSSR count). The Morgan fingerprint density at radius 3 is 2.73 bits per heavy atom. The number of halogens is 1. The molecule has 0 saturated heterocycles. The average molecular weight is 319 g/mol. The monoisotopic (exact) mass is 318 g/mol. The Labute approximate surface area is 133 Å². The summed E-state index contributed by atoms with van der Waals surface area (Å²) in [5.74, 6) is 0.113. The van der Waals surface area contributed by atoms with Crippen molar-refractivity contribution in [3.05, 3.63) is 64.7 Å². The number of hydrogen-bond acceptors (Lipinski definition) is 3. The van der Waals surface area contributed by atoms with Gasteiger partial charge in [0.05, 0.1) is 7.11 Å². The number of carboxylic acids is 1. The van der Waals surface area contributed by atoms with Gasteiger partial charge in [-0.05, 0) is 41.5 Å². The highest BCUT2D eigenvalue weighted by Gasteiger charge is 2.06. The number of carbonyl (C=O) groups is 1. The second-order valence-corrected chi connectivity index (χ2v) is 4.94. The van der Waals surface area contributed by atoms with Crippen molar-refractivity contribution in [3.8, 4) is 11.5 Å². The molecule has 4 nitrogen and oxygen atoms in total. The van der Waals surface area contributed by atoms with Gasteiger partial charge in [-0.1, -0.05) is 29.8 Å². The average Bonchev–Trinajstić information content (AvgIpc) is 2.51. The molecule has 0 fully saturated rings. The zero-order valence-corrected chi connectivity index (χ0v) is 12.7. The van der Waals surface area contributed by atoms with Gasteiger partial charge in [0.2, 0.25) is 0 Å². The van der Waals surface area contributed by atoms with Gasteiger partial charge in [0.25, 0.3) is 0 Å². The van der Waals surface area contributed by atoms with Crippen LogP contribution in [0.1, 0.15) is 11.1 Å². The SMILES string of the molecule is COc1ccc(C=CC(=O)O)cc1OCc1cccc(Cl)c1. The summed E-state index contributed by atoms with van der Waals surface area (Å²) in [5, 5.41) is 9.31. The van der Waals surface area contributed by atoms with E-state index in [1.54, 1.807) is 31.4 Å². The van der Waals surface area contributed by atoms with E-state index < -0.39 is 5.97 Å². The molecular formula is C17H15ClO4. The molecule has 0 aromatic heterocycles. The van der Waals surface area contributed by atoms with E-state index in [0.29, 0.717) is 28.7 Å². The van der Waals surface area contributed by atoms with Crippen LogP contribution in [0.4, 0.5) is 0 Å². The predicted molar refractivity (Wildman–Crippen MR) is 85.4 cm³/mol. The summed E-state index contributed by atoms with van der Waals surface area (Å²) in [6, 6.07) is 12.6. The minimum atomic E-state index is -1.00. The zero-order chi connectivity index (χ0) is 15.9. The third-order valence-corrected chi connectivity index (χ3v) is 3.12. The lowest BCUT2D eigenvalue weighted by Crippen LogP contribution is -1.98. The molecule has 0 heterocycles. The van der Waals surface area contributed by atoms with Crippen LogP contribution < -0.4 is 9.47 Å². The summed E-state index contributed by atoms with van der Waals surface area (Å²) in [6.07, 6.45) is 2.57. The Morgan fingerprint density at radius 2 is 2.05 bits per heavy atom. The van der Waals surface area contributed by atoms with Crippen LogP contribution in [0.15, 0.2) is 48.5 Å². The number of aliphatic carboxylic acids is 1. The highest BCUT2D eigenvalue weighted by atomic mass is 35.5. The standard InChI is InChI=1S/C17H15ClO4/c1-21-15-7-5-12(6-8-17(19)20)10-16(15)22-11-13-3-2-4-14(18)9-13/h2-10H,11H2,1H3,(H,19,20). The van der Waals surface area contributed by atoms with Crippen LogP contribution >= 0.6 is 11.6 Å². The van der Waals surface area contributed by atoms with Crippen molar-refractivity contribution in [2.45, 2.75) is 6.61 Å². The molecule has 5 heteroatoms. The van der Waals surface area contributed by atoms with Gasteiger partial charge in [0.1, 0.15) is 6.61 Å². The second-order valence-electron chi connectivity index (χ2n) is 4.50. The quantitative estimate of drug-likeness (QED) is 0.817. The van der Waals surface area contributed by atoms with Crippen LogP contribution in [0.5, 0.6) is 11.5 Å². The zero-order valence-electron chi connectivity index (χ0n) is 12.0. The summed E-state index contributed by atoms with van der Waals surface area (Å²) in [5.41, 5.74) is 1.64. The summed E-state index contributed by atoms with van der Waals surface area (Å²) in [7, 11) is 1.55. The van der Waals surface area contributed by atoms with Crippen molar-refractivity contribution in [1.29, 1.82) is 0 Å². The molecule has 0 aliphatic carbocycles. The smallest absolute Gasteiger partial charge is 0.328 e. The van der Waals surface area contributed by atoms with Crippen molar-refractivity contribution in [2.24, 2.45) is 0 Å².